The Bertz CT molecular complexity index is 1920. The summed E-state index contributed by atoms with van der Waals surface area (Å²) in [4.78, 5) is 33.6. The van der Waals surface area contributed by atoms with Gasteiger partial charge < -0.3 is 24.3 Å². The Balaban J connectivity index is 1.60. The van der Waals surface area contributed by atoms with Gasteiger partial charge in [0.25, 0.3) is 5.56 Å². The minimum absolute atomic E-state index is 0.0166. The Morgan fingerprint density at radius 3 is 2.47 bits per heavy atom. The van der Waals surface area contributed by atoms with Crippen molar-refractivity contribution in [2.45, 2.75) is 13.0 Å². The maximum atomic E-state index is 14.4. The molecule has 3 aromatic carbocycles. The lowest BCUT2D eigenvalue weighted by Crippen LogP contribution is -2.23. The lowest BCUT2D eigenvalue weighted by molar-refractivity contribution is -0.114. The van der Waals surface area contributed by atoms with Crippen molar-refractivity contribution in [3.05, 3.63) is 124 Å². The van der Waals surface area contributed by atoms with Gasteiger partial charge in [-0.15, -0.1) is 0 Å². The highest BCUT2D eigenvalue weighted by Crippen LogP contribution is 2.39. The molecule has 0 spiro atoms. The molecular formula is C36H35ClN4O4. The molecule has 0 bridgehead atoms. The van der Waals surface area contributed by atoms with Crippen molar-refractivity contribution in [2.24, 2.45) is 0 Å². The van der Waals surface area contributed by atoms with Gasteiger partial charge in [-0.25, -0.2) is 4.98 Å². The van der Waals surface area contributed by atoms with E-state index in [-0.39, 0.29) is 24.3 Å². The van der Waals surface area contributed by atoms with Crippen LogP contribution < -0.4 is 20.3 Å². The maximum absolute atomic E-state index is 14.4. The third kappa shape index (κ3) is 7.60. The van der Waals surface area contributed by atoms with E-state index in [4.69, 9.17) is 21.1 Å². The van der Waals surface area contributed by atoms with Crippen LogP contribution in [0, 0.1) is 0 Å². The van der Waals surface area contributed by atoms with Crippen LogP contribution in [0.1, 0.15) is 11.1 Å². The van der Waals surface area contributed by atoms with Crippen LogP contribution in [0.3, 0.4) is 0 Å². The van der Waals surface area contributed by atoms with E-state index in [9.17, 15) is 9.59 Å². The van der Waals surface area contributed by atoms with E-state index >= 15 is 0 Å². The molecule has 8 nitrogen and oxygen atoms in total. The first-order valence-electron chi connectivity index (χ1n) is 14.4. The molecular weight excluding hydrogens is 588 g/mol. The van der Waals surface area contributed by atoms with Gasteiger partial charge in [-0.1, -0.05) is 60.1 Å². The smallest absolute Gasteiger partial charge is 0.259 e. The summed E-state index contributed by atoms with van der Waals surface area (Å²) in [6, 6.07) is 24.5. The van der Waals surface area contributed by atoms with E-state index in [2.05, 4.69) is 10.3 Å². The molecule has 0 unspecified atom stereocenters. The van der Waals surface area contributed by atoms with E-state index in [1.54, 1.807) is 42.1 Å². The monoisotopic (exact) mass is 622 g/mol. The second-order valence-electron chi connectivity index (χ2n) is 10.9. The second kappa shape index (κ2) is 14.2. The highest BCUT2D eigenvalue weighted by atomic mass is 35.5. The van der Waals surface area contributed by atoms with Crippen molar-refractivity contribution in [3.63, 3.8) is 0 Å². The summed E-state index contributed by atoms with van der Waals surface area (Å²) in [5.41, 5.74) is 3.94. The van der Waals surface area contributed by atoms with Gasteiger partial charge in [0.2, 0.25) is 0 Å². The number of halogens is 1. The molecule has 2 heterocycles. The molecule has 0 amide bonds. The number of methoxy groups -OCH3 is 2. The average Bonchev–Trinajstić information content (AvgIpc) is 3.03. The predicted octanol–water partition coefficient (Wildman–Crippen LogP) is 6.76. The minimum Gasteiger partial charge on any atom is -0.497 e. The van der Waals surface area contributed by atoms with E-state index in [0.717, 1.165) is 22.2 Å². The number of carbonyl (C=O) groups excluding carboxylic acids is 1. The number of carbonyl (C=O) groups is 1. The van der Waals surface area contributed by atoms with Gasteiger partial charge in [0.05, 0.1) is 31.3 Å². The normalized spacial score (nSPS) is 11.3. The molecule has 230 valence electrons. The molecule has 5 rings (SSSR count). The zero-order valence-corrected chi connectivity index (χ0v) is 26.5. The van der Waals surface area contributed by atoms with Crippen LogP contribution in [0.4, 0.5) is 11.5 Å². The Hall–Kier alpha value is -4.92. The van der Waals surface area contributed by atoms with Crippen molar-refractivity contribution in [1.82, 2.24) is 14.5 Å². The first kappa shape index (κ1) is 31.5. The van der Waals surface area contributed by atoms with E-state index in [0.29, 0.717) is 45.5 Å². The molecule has 0 aliphatic heterocycles. The summed E-state index contributed by atoms with van der Waals surface area (Å²) >= 11 is 6.75. The lowest BCUT2D eigenvalue weighted by Gasteiger charge is -2.17. The highest BCUT2D eigenvalue weighted by molar-refractivity contribution is 6.35. The Kier molecular flexibility index (Phi) is 9.97. The number of nitrogens with zero attached hydrogens (tertiary/aromatic N) is 3. The van der Waals surface area contributed by atoms with E-state index < -0.39 is 0 Å². The molecule has 0 saturated carbocycles. The highest BCUT2D eigenvalue weighted by Gasteiger charge is 2.19. The van der Waals surface area contributed by atoms with Crippen LogP contribution >= 0.6 is 11.6 Å². The number of nitrogens with one attached hydrogen (secondary N) is 1. The number of para-hydroxylation sites is 1. The largest absolute Gasteiger partial charge is 0.497 e. The molecule has 5 aromatic rings. The number of likely N-dealkylation sites (N-methyl/N-ethyl adjacent to an activating group) is 1. The second-order valence-corrected chi connectivity index (χ2v) is 11.3. The van der Waals surface area contributed by atoms with Gasteiger partial charge >= 0.3 is 0 Å². The fourth-order valence-corrected chi connectivity index (χ4v) is 5.36. The molecule has 0 atom stereocenters. The SMILES string of the molecule is COc1cc(OC)c(Cl)c(-c2cc3cnc(Nc4ccccc4)cc3n(Cc3cccc(CC(=O)/C=C/CN(C)C)c3)c2=O)c1. The summed E-state index contributed by atoms with van der Waals surface area (Å²) in [6.45, 7) is 0.951. The maximum Gasteiger partial charge on any atom is 0.259 e. The van der Waals surface area contributed by atoms with Crippen molar-refractivity contribution < 1.29 is 14.3 Å². The number of pyridine rings is 2. The number of benzene rings is 3. The summed E-state index contributed by atoms with van der Waals surface area (Å²) in [5, 5.41) is 4.37. The molecule has 0 fully saturated rings. The summed E-state index contributed by atoms with van der Waals surface area (Å²) in [6.07, 6.45) is 5.48. The van der Waals surface area contributed by atoms with Crippen LogP contribution in [0.2, 0.25) is 5.02 Å². The topological polar surface area (TPSA) is 85.7 Å². The summed E-state index contributed by atoms with van der Waals surface area (Å²) < 4.78 is 12.7. The van der Waals surface area contributed by atoms with Crippen LogP contribution in [-0.4, -0.2) is 55.1 Å². The number of rotatable bonds is 12. The van der Waals surface area contributed by atoms with Crippen molar-refractivity contribution in [2.75, 3.05) is 40.2 Å². The van der Waals surface area contributed by atoms with Gasteiger partial charge in [-0.05, 0) is 55.6 Å². The van der Waals surface area contributed by atoms with Crippen LogP contribution in [0.25, 0.3) is 22.0 Å². The van der Waals surface area contributed by atoms with E-state index in [1.165, 1.54) is 7.11 Å². The number of aromatic nitrogens is 2. The minimum atomic E-state index is -0.246. The van der Waals surface area contributed by atoms with Crippen molar-refractivity contribution in [1.29, 1.82) is 0 Å². The molecule has 0 saturated heterocycles. The zero-order chi connectivity index (χ0) is 31.9. The average molecular weight is 623 g/mol. The number of allylic oxidation sites excluding steroid dienone is 1. The van der Waals surface area contributed by atoms with Crippen molar-refractivity contribution in [3.8, 4) is 22.6 Å². The standard InChI is InChI=1S/C36H35ClN4O4/c1-40(2)15-9-14-28(42)17-24-10-8-11-25(16-24)23-41-32-21-34(39-27-12-6-5-7-13-27)38-22-26(32)18-31(36(41)43)30-19-29(44-3)20-33(45-4)35(30)37/h5-14,16,18-22H,15,17,23H2,1-4H3,(H,38,39)/b14-9+. The fourth-order valence-electron chi connectivity index (χ4n) is 5.07. The first-order valence-corrected chi connectivity index (χ1v) is 14.8. The van der Waals surface area contributed by atoms with Gasteiger partial charge in [0, 0.05) is 53.5 Å². The van der Waals surface area contributed by atoms with Gasteiger partial charge in [0.1, 0.15) is 17.3 Å². The molecule has 2 aromatic heterocycles. The van der Waals surface area contributed by atoms with Gasteiger partial charge in [0.15, 0.2) is 5.78 Å². The third-order valence-corrected chi connectivity index (χ3v) is 7.66. The number of hydrogen-bond donors (Lipinski definition) is 1. The fraction of sp³-hybridized carbons (Fsp3) is 0.194. The van der Waals surface area contributed by atoms with Crippen LogP contribution in [0.15, 0.2) is 102 Å². The van der Waals surface area contributed by atoms with Crippen LogP contribution in [0.5, 0.6) is 11.5 Å². The summed E-state index contributed by atoms with van der Waals surface area (Å²) in [5.74, 6) is 1.52. The molecule has 9 heteroatoms. The third-order valence-electron chi connectivity index (χ3n) is 7.27. The molecule has 0 aliphatic rings. The Morgan fingerprint density at radius 2 is 1.73 bits per heavy atom. The number of hydrogen-bond acceptors (Lipinski definition) is 7. The van der Waals surface area contributed by atoms with Crippen LogP contribution in [-0.2, 0) is 17.8 Å². The number of anilines is 2. The molecule has 45 heavy (non-hydrogen) atoms. The first-order chi connectivity index (χ1) is 21.7. The van der Waals surface area contributed by atoms with Crippen molar-refractivity contribution >= 4 is 39.8 Å². The molecule has 0 radical (unpaired) electrons. The number of ketones is 1. The number of ether oxygens (including phenoxy) is 2. The predicted molar refractivity (Wildman–Crippen MR) is 181 cm³/mol. The molecule has 0 aliphatic carbocycles. The Labute approximate surface area is 267 Å². The Morgan fingerprint density at radius 1 is 0.956 bits per heavy atom. The number of fused-ring (bicyclic) bond motifs is 1. The molecule has 1 N–H and O–H groups in total. The van der Waals surface area contributed by atoms with Gasteiger partial charge in [-0.3, -0.25) is 9.59 Å². The quantitative estimate of drug-likeness (QED) is 0.154. The lowest BCUT2D eigenvalue weighted by atomic mass is 10.0. The van der Waals surface area contributed by atoms with E-state index in [1.807, 2.05) is 85.7 Å². The summed E-state index contributed by atoms with van der Waals surface area (Å²) in [7, 11) is 6.97. The van der Waals surface area contributed by atoms with Gasteiger partial charge in [-0.2, -0.15) is 0 Å². The zero-order valence-electron chi connectivity index (χ0n) is 25.7.